The van der Waals surface area contributed by atoms with Crippen molar-refractivity contribution in [1.29, 1.82) is 0 Å². The number of hydrogen-bond donors (Lipinski definition) is 0. The Balaban J connectivity index is 3.19. The van der Waals surface area contributed by atoms with Crippen molar-refractivity contribution in [3.05, 3.63) is 54.5 Å². The van der Waals surface area contributed by atoms with Gasteiger partial charge in [0.05, 0.1) is 0 Å². The third kappa shape index (κ3) is 4.34. The summed E-state index contributed by atoms with van der Waals surface area (Å²) in [6.45, 7) is 7.59. The van der Waals surface area contributed by atoms with E-state index >= 15 is 0 Å². The molecule has 0 N–H and O–H groups in total. The van der Waals surface area contributed by atoms with E-state index in [-0.39, 0.29) is 6.23 Å². The van der Waals surface area contributed by atoms with Gasteiger partial charge in [0, 0.05) is 37.8 Å². The van der Waals surface area contributed by atoms with Crippen molar-refractivity contribution in [2.24, 2.45) is 4.99 Å². The zero-order chi connectivity index (χ0) is 14.3. The first-order valence-corrected chi connectivity index (χ1v) is 6.14. The van der Waals surface area contributed by atoms with E-state index in [1.165, 1.54) is 0 Å². The van der Waals surface area contributed by atoms with Crippen LogP contribution < -0.4 is 0 Å². The number of ether oxygens (including phenoxy) is 1. The van der Waals surface area contributed by atoms with E-state index in [0.717, 1.165) is 17.1 Å². The Labute approximate surface area is 115 Å². The van der Waals surface area contributed by atoms with Crippen molar-refractivity contribution in [3.8, 4) is 0 Å². The van der Waals surface area contributed by atoms with Gasteiger partial charge in [0.25, 0.3) is 0 Å². The lowest BCUT2D eigenvalue weighted by atomic mass is 10.2. The minimum Gasteiger partial charge on any atom is -0.362 e. The summed E-state index contributed by atoms with van der Waals surface area (Å²) < 4.78 is 5.34. The minimum absolute atomic E-state index is 0.0736. The fourth-order valence-corrected chi connectivity index (χ4v) is 1.55. The van der Waals surface area contributed by atoms with Crippen LogP contribution in [0.5, 0.6) is 0 Å². The Morgan fingerprint density at radius 1 is 1.58 bits per heavy atom. The lowest BCUT2D eigenvalue weighted by molar-refractivity contribution is 0.0353. The van der Waals surface area contributed by atoms with Gasteiger partial charge in [-0.05, 0) is 32.1 Å². The largest absolute Gasteiger partial charge is 0.362 e. The van der Waals surface area contributed by atoms with Gasteiger partial charge in [-0.2, -0.15) is 0 Å². The maximum atomic E-state index is 5.34. The summed E-state index contributed by atoms with van der Waals surface area (Å²) in [5.41, 5.74) is 1.83. The van der Waals surface area contributed by atoms with Gasteiger partial charge in [-0.3, -0.25) is 4.98 Å². The molecule has 1 aromatic rings. The number of amidine groups is 1. The zero-order valence-corrected chi connectivity index (χ0v) is 12.0. The molecule has 0 aromatic carbocycles. The summed E-state index contributed by atoms with van der Waals surface area (Å²) in [6.07, 6.45) is 7.04. The highest BCUT2D eigenvalue weighted by Crippen LogP contribution is 2.10. The number of allylic oxidation sites excluding steroid dienone is 3. The van der Waals surface area contributed by atoms with E-state index in [1.54, 1.807) is 25.6 Å². The van der Waals surface area contributed by atoms with Gasteiger partial charge < -0.3 is 9.64 Å². The first-order chi connectivity index (χ1) is 9.10. The maximum absolute atomic E-state index is 5.34. The fraction of sp³-hybridized carbons (Fsp3) is 0.333. The van der Waals surface area contributed by atoms with E-state index in [9.17, 15) is 0 Å². The molecule has 0 aliphatic heterocycles. The molecule has 0 fully saturated rings. The van der Waals surface area contributed by atoms with Crippen molar-refractivity contribution in [3.63, 3.8) is 0 Å². The molecule has 0 saturated heterocycles. The van der Waals surface area contributed by atoms with Gasteiger partial charge >= 0.3 is 0 Å². The fourth-order valence-electron chi connectivity index (χ4n) is 1.55. The number of aromatic nitrogens is 1. The molecule has 4 heteroatoms. The van der Waals surface area contributed by atoms with Crippen LogP contribution in [-0.2, 0) is 4.74 Å². The standard InChI is InChI=1S/C15H21N3O/c1-6-8-12(2)17-15(18(4)13(3)19-5)14-9-7-10-16-11-14/h6-11,13H,1H2,2-5H3/b12-8+,17-15?. The smallest absolute Gasteiger partial charge is 0.139 e. The summed E-state index contributed by atoms with van der Waals surface area (Å²) >= 11 is 0. The van der Waals surface area contributed by atoms with Gasteiger partial charge in [-0.25, -0.2) is 4.99 Å². The number of aliphatic imine (C=N–C) groups is 1. The number of nitrogens with zero attached hydrogens (tertiary/aromatic N) is 3. The van der Waals surface area contributed by atoms with Crippen molar-refractivity contribution in [2.75, 3.05) is 14.2 Å². The van der Waals surface area contributed by atoms with Crippen molar-refractivity contribution in [2.45, 2.75) is 20.1 Å². The monoisotopic (exact) mass is 259 g/mol. The van der Waals surface area contributed by atoms with Crippen molar-refractivity contribution in [1.82, 2.24) is 9.88 Å². The van der Waals surface area contributed by atoms with Crippen LogP contribution in [0.4, 0.5) is 0 Å². The molecule has 1 atom stereocenters. The van der Waals surface area contributed by atoms with E-state index in [0.29, 0.717) is 0 Å². The molecule has 0 aliphatic rings. The second-order valence-electron chi connectivity index (χ2n) is 4.17. The van der Waals surface area contributed by atoms with Crippen LogP contribution in [0, 0.1) is 0 Å². The highest BCUT2D eigenvalue weighted by Gasteiger charge is 2.15. The molecule has 1 rings (SSSR count). The molecular formula is C15H21N3O. The van der Waals surface area contributed by atoms with E-state index in [4.69, 9.17) is 4.74 Å². The number of rotatable bonds is 5. The van der Waals surface area contributed by atoms with Crippen LogP contribution in [-0.4, -0.2) is 36.1 Å². The van der Waals surface area contributed by atoms with Crippen molar-refractivity contribution >= 4 is 5.84 Å². The Morgan fingerprint density at radius 2 is 2.32 bits per heavy atom. The SMILES string of the molecule is C=C/C=C(\C)N=C(c1cccnc1)N(C)C(C)OC. The van der Waals surface area contributed by atoms with Crippen LogP contribution in [0.3, 0.4) is 0 Å². The predicted octanol–water partition coefficient (Wildman–Crippen LogP) is 2.84. The predicted molar refractivity (Wildman–Crippen MR) is 79.0 cm³/mol. The quantitative estimate of drug-likeness (QED) is 0.353. The number of hydrogen-bond acceptors (Lipinski definition) is 3. The summed E-state index contributed by atoms with van der Waals surface area (Å²) in [7, 11) is 3.62. The molecule has 1 unspecified atom stereocenters. The highest BCUT2D eigenvalue weighted by molar-refractivity contribution is 5.99. The molecule has 0 aliphatic carbocycles. The topological polar surface area (TPSA) is 37.7 Å². The molecule has 0 bridgehead atoms. The van der Waals surface area contributed by atoms with Crippen LogP contribution >= 0.6 is 0 Å². The van der Waals surface area contributed by atoms with Crippen LogP contribution in [0.25, 0.3) is 0 Å². The molecular weight excluding hydrogens is 238 g/mol. The molecule has 19 heavy (non-hydrogen) atoms. The van der Waals surface area contributed by atoms with E-state index in [2.05, 4.69) is 16.6 Å². The third-order valence-electron chi connectivity index (χ3n) is 2.78. The first-order valence-electron chi connectivity index (χ1n) is 6.14. The number of pyridine rings is 1. The van der Waals surface area contributed by atoms with Crippen molar-refractivity contribution < 1.29 is 4.74 Å². The molecule has 0 amide bonds. The lowest BCUT2D eigenvalue weighted by Crippen LogP contribution is -2.37. The lowest BCUT2D eigenvalue weighted by Gasteiger charge is -2.27. The van der Waals surface area contributed by atoms with Crippen LogP contribution in [0.15, 0.2) is 53.9 Å². The summed E-state index contributed by atoms with van der Waals surface area (Å²) in [4.78, 5) is 10.7. The summed E-state index contributed by atoms with van der Waals surface area (Å²) in [6, 6.07) is 3.87. The Kier molecular flexibility index (Phi) is 5.96. The molecule has 1 heterocycles. The van der Waals surface area contributed by atoms with Gasteiger partial charge in [-0.15, -0.1) is 0 Å². The molecule has 0 spiro atoms. The molecule has 0 radical (unpaired) electrons. The van der Waals surface area contributed by atoms with E-state index < -0.39 is 0 Å². The highest BCUT2D eigenvalue weighted by atomic mass is 16.5. The Hall–Kier alpha value is -1.94. The second kappa shape index (κ2) is 7.48. The molecule has 102 valence electrons. The molecule has 0 saturated carbocycles. The van der Waals surface area contributed by atoms with Gasteiger partial charge in [0.15, 0.2) is 0 Å². The Bertz CT molecular complexity index is 466. The minimum atomic E-state index is -0.0736. The normalized spacial score (nSPS) is 14.1. The molecule has 1 aromatic heterocycles. The van der Waals surface area contributed by atoms with Crippen LogP contribution in [0.1, 0.15) is 19.4 Å². The number of methoxy groups -OCH3 is 1. The summed E-state index contributed by atoms with van der Waals surface area (Å²) in [5.74, 6) is 0.818. The van der Waals surface area contributed by atoms with E-state index in [1.807, 2.05) is 44.0 Å². The van der Waals surface area contributed by atoms with Gasteiger partial charge in [0.2, 0.25) is 0 Å². The van der Waals surface area contributed by atoms with Gasteiger partial charge in [-0.1, -0.05) is 12.7 Å². The summed E-state index contributed by atoms with van der Waals surface area (Å²) in [5, 5.41) is 0. The molecule has 4 nitrogen and oxygen atoms in total. The third-order valence-corrected chi connectivity index (χ3v) is 2.78. The maximum Gasteiger partial charge on any atom is 0.139 e. The average Bonchev–Trinajstić information content (AvgIpc) is 2.44. The Morgan fingerprint density at radius 3 is 2.84 bits per heavy atom. The first kappa shape index (κ1) is 15.1. The van der Waals surface area contributed by atoms with Crippen LogP contribution in [0.2, 0.25) is 0 Å². The second-order valence-corrected chi connectivity index (χ2v) is 4.17. The average molecular weight is 259 g/mol. The zero-order valence-electron chi connectivity index (χ0n) is 12.0. The van der Waals surface area contributed by atoms with Gasteiger partial charge in [0.1, 0.15) is 12.1 Å².